The van der Waals surface area contributed by atoms with Crippen molar-refractivity contribution in [3.05, 3.63) is 59.2 Å². The van der Waals surface area contributed by atoms with Gasteiger partial charge in [0.2, 0.25) is 0 Å². The lowest BCUT2D eigenvalue weighted by Crippen LogP contribution is -2.73. The SMILES string of the molecule is O=C1NC2(Cc3ccccc31)CN(C(=O)c1cccc3c1OC(F)(F)O3)C2. The molecule has 27 heavy (non-hydrogen) atoms. The molecule has 0 saturated carbocycles. The number of halogens is 2. The van der Waals surface area contributed by atoms with Crippen molar-refractivity contribution in [2.45, 2.75) is 18.3 Å². The standard InChI is InChI=1S/C19H14F2N2O4/c20-19(21)26-14-7-3-6-13(15(14)27-19)17(25)23-9-18(10-23)8-11-4-1-2-5-12(11)16(24)22-18/h1-7H,8-10H2,(H,22,24). The highest BCUT2D eigenvalue weighted by Gasteiger charge is 2.51. The van der Waals surface area contributed by atoms with E-state index in [9.17, 15) is 18.4 Å². The molecule has 5 rings (SSSR count). The summed E-state index contributed by atoms with van der Waals surface area (Å²) >= 11 is 0. The van der Waals surface area contributed by atoms with Gasteiger partial charge in [0.1, 0.15) is 0 Å². The molecule has 138 valence electrons. The molecule has 3 aliphatic heterocycles. The Labute approximate surface area is 152 Å². The summed E-state index contributed by atoms with van der Waals surface area (Å²) in [4.78, 5) is 26.6. The number of benzene rings is 2. The Balaban J connectivity index is 1.36. The van der Waals surface area contributed by atoms with E-state index >= 15 is 0 Å². The average molecular weight is 372 g/mol. The van der Waals surface area contributed by atoms with Crippen molar-refractivity contribution in [2.24, 2.45) is 0 Å². The molecule has 8 heteroatoms. The second-order valence-electron chi connectivity index (χ2n) is 7.03. The highest BCUT2D eigenvalue weighted by molar-refractivity contribution is 6.00. The van der Waals surface area contributed by atoms with Crippen molar-refractivity contribution in [3.63, 3.8) is 0 Å². The van der Waals surface area contributed by atoms with Crippen LogP contribution in [0.25, 0.3) is 0 Å². The monoisotopic (exact) mass is 372 g/mol. The molecule has 1 saturated heterocycles. The van der Waals surface area contributed by atoms with Gasteiger partial charge >= 0.3 is 6.29 Å². The molecule has 0 aromatic heterocycles. The van der Waals surface area contributed by atoms with E-state index in [4.69, 9.17) is 0 Å². The molecule has 1 fully saturated rings. The van der Waals surface area contributed by atoms with E-state index in [1.54, 1.807) is 12.1 Å². The first-order valence-electron chi connectivity index (χ1n) is 8.44. The largest absolute Gasteiger partial charge is 0.586 e. The van der Waals surface area contributed by atoms with E-state index < -0.39 is 17.7 Å². The summed E-state index contributed by atoms with van der Waals surface area (Å²) in [6.45, 7) is 0.597. The summed E-state index contributed by atoms with van der Waals surface area (Å²) in [7, 11) is 0. The van der Waals surface area contributed by atoms with Gasteiger partial charge in [0.05, 0.1) is 11.1 Å². The third-order valence-electron chi connectivity index (χ3n) is 5.10. The second kappa shape index (κ2) is 5.18. The Kier molecular flexibility index (Phi) is 3.08. The number of amides is 2. The van der Waals surface area contributed by atoms with Gasteiger partial charge in [-0.25, -0.2) is 0 Å². The Morgan fingerprint density at radius 1 is 1.07 bits per heavy atom. The maximum Gasteiger partial charge on any atom is 0.586 e. The minimum absolute atomic E-state index is 0.0158. The number of likely N-dealkylation sites (tertiary alicyclic amines) is 1. The van der Waals surface area contributed by atoms with Crippen LogP contribution in [-0.2, 0) is 6.42 Å². The average Bonchev–Trinajstić information content (AvgIpc) is 2.92. The van der Waals surface area contributed by atoms with Crippen LogP contribution >= 0.6 is 0 Å². The molecule has 2 aromatic carbocycles. The zero-order valence-corrected chi connectivity index (χ0v) is 14.0. The van der Waals surface area contributed by atoms with Gasteiger partial charge in [-0.1, -0.05) is 24.3 Å². The van der Waals surface area contributed by atoms with E-state index in [1.807, 2.05) is 12.1 Å². The number of nitrogens with one attached hydrogen (secondary N) is 1. The summed E-state index contributed by atoms with van der Waals surface area (Å²) in [5.74, 6) is -1.03. The van der Waals surface area contributed by atoms with Gasteiger partial charge in [0, 0.05) is 18.7 Å². The molecular formula is C19H14F2N2O4. The van der Waals surface area contributed by atoms with E-state index in [-0.39, 0.29) is 23.0 Å². The van der Waals surface area contributed by atoms with Crippen LogP contribution < -0.4 is 14.8 Å². The molecule has 2 aromatic rings. The Bertz CT molecular complexity index is 985. The molecule has 1 N–H and O–H groups in total. The molecule has 3 heterocycles. The number of rotatable bonds is 1. The lowest BCUT2D eigenvalue weighted by molar-refractivity contribution is -0.286. The van der Waals surface area contributed by atoms with Crippen molar-refractivity contribution >= 4 is 11.8 Å². The van der Waals surface area contributed by atoms with Crippen LogP contribution in [0, 0.1) is 0 Å². The number of hydrogen-bond donors (Lipinski definition) is 1. The maximum atomic E-state index is 13.3. The number of ether oxygens (including phenoxy) is 2. The van der Waals surface area contributed by atoms with Crippen molar-refractivity contribution in [1.82, 2.24) is 10.2 Å². The highest BCUT2D eigenvalue weighted by Crippen LogP contribution is 2.44. The normalized spacial score (nSPS) is 20.7. The van der Waals surface area contributed by atoms with E-state index in [2.05, 4.69) is 14.8 Å². The van der Waals surface area contributed by atoms with Crippen molar-refractivity contribution in [1.29, 1.82) is 0 Å². The first-order chi connectivity index (χ1) is 12.9. The number of carbonyl (C=O) groups is 2. The molecular weight excluding hydrogens is 358 g/mol. The van der Waals surface area contributed by atoms with E-state index in [0.717, 1.165) is 5.56 Å². The topological polar surface area (TPSA) is 67.9 Å². The molecule has 0 bridgehead atoms. The zero-order chi connectivity index (χ0) is 18.8. The first kappa shape index (κ1) is 16.0. The fourth-order valence-electron chi connectivity index (χ4n) is 3.94. The van der Waals surface area contributed by atoms with Crippen LogP contribution in [0.4, 0.5) is 8.78 Å². The van der Waals surface area contributed by atoms with Crippen LogP contribution in [-0.4, -0.2) is 41.6 Å². The fraction of sp³-hybridized carbons (Fsp3) is 0.263. The van der Waals surface area contributed by atoms with E-state index in [1.165, 1.54) is 23.1 Å². The summed E-state index contributed by atoms with van der Waals surface area (Å²) in [6.07, 6.45) is -3.17. The fourth-order valence-corrected chi connectivity index (χ4v) is 3.94. The van der Waals surface area contributed by atoms with Crippen LogP contribution in [0.1, 0.15) is 26.3 Å². The van der Waals surface area contributed by atoms with Crippen LogP contribution in [0.5, 0.6) is 11.5 Å². The van der Waals surface area contributed by atoms with Gasteiger partial charge < -0.3 is 19.7 Å². The third kappa shape index (κ3) is 2.43. The van der Waals surface area contributed by atoms with Gasteiger partial charge in [-0.3, -0.25) is 9.59 Å². The number of para-hydroxylation sites is 1. The number of alkyl halides is 2. The van der Waals surface area contributed by atoms with Gasteiger partial charge in [-0.15, -0.1) is 8.78 Å². The van der Waals surface area contributed by atoms with Crippen molar-refractivity contribution in [2.75, 3.05) is 13.1 Å². The molecule has 3 aliphatic rings. The van der Waals surface area contributed by atoms with Gasteiger partial charge in [0.15, 0.2) is 11.5 Å². The molecule has 0 unspecified atom stereocenters. The lowest BCUT2D eigenvalue weighted by Gasteiger charge is -2.52. The number of nitrogens with zero attached hydrogens (tertiary/aromatic N) is 1. The smallest absolute Gasteiger partial charge is 0.395 e. The minimum Gasteiger partial charge on any atom is -0.395 e. The van der Waals surface area contributed by atoms with Gasteiger partial charge in [-0.05, 0) is 30.2 Å². The quantitative estimate of drug-likeness (QED) is 0.833. The molecule has 0 radical (unpaired) electrons. The third-order valence-corrected chi connectivity index (χ3v) is 5.10. The van der Waals surface area contributed by atoms with Crippen LogP contribution in [0.3, 0.4) is 0 Å². The Morgan fingerprint density at radius 3 is 2.67 bits per heavy atom. The van der Waals surface area contributed by atoms with E-state index in [0.29, 0.717) is 25.1 Å². The highest BCUT2D eigenvalue weighted by atomic mass is 19.3. The minimum atomic E-state index is -3.78. The molecule has 1 spiro atoms. The predicted octanol–water partition coefficient (Wildman–Crippen LogP) is 2.19. The number of carbonyl (C=O) groups excluding carboxylic acids is 2. The molecule has 6 nitrogen and oxygen atoms in total. The van der Waals surface area contributed by atoms with Crippen molar-refractivity contribution in [3.8, 4) is 11.5 Å². The van der Waals surface area contributed by atoms with Crippen molar-refractivity contribution < 1.29 is 27.8 Å². The predicted molar refractivity (Wildman–Crippen MR) is 88.9 cm³/mol. The molecule has 2 amide bonds. The summed E-state index contributed by atoms with van der Waals surface area (Å²) in [6, 6.07) is 11.6. The summed E-state index contributed by atoms with van der Waals surface area (Å²) in [5.41, 5.74) is 1.06. The van der Waals surface area contributed by atoms with Gasteiger partial charge in [-0.2, -0.15) is 0 Å². The zero-order valence-electron chi connectivity index (χ0n) is 14.0. The van der Waals surface area contributed by atoms with Crippen LogP contribution in [0.15, 0.2) is 42.5 Å². The second-order valence-corrected chi connectivity index (χ2v) is 7.03. The lowest BCUT2D eigenvalue weighted by atomic mass is 9.78. The Hall–Kier alpha value is -3.16. The Morgan fingerprint density at radius 2 is 1.85 bits per heavy atom. The van der Waals surface area contributed by atoms with Gasteiger partial charge in [0.25, 0.3) is 11.8 Å². The molecule has 0 aliphatic carbocycles. The summed E-state index contributed by atoms with van der Waals surface area (Å²) in [5, 5.41) is 2.98. The number of fused-ring (bicyclic) bond motifs is 2. The molecule has 0 atom stereocenters. The summed E-state index contributed by atoms with van der Waals surface area (Å²) < 4.78 is 35.5. The van der Waals surface area contributed by atoms with Crippen LogP contribution in [0.2, 0.25) is 0 Å². The maximum absolute atomic E-state index is 13.3. The first-order valence-corrected chi connectivity index (χ1v) is 8.44. The number of hydrogen-bond acceptors (Lipinski definition) is 4.